The van der Waals surface area contributed by atoms with Crippen molar-refractivity contribution < 1.29 is 8.78 Å². The van der Waals surface area contributed by atoms with Gasteiger partial charge in [0.25, 0.3) is 0 Å². The number of thiophene rings is 1. The Kier molecular flexibility index (Phi) is 3.72. The first-order chi connectivity index (χ1) is 9.70. The van der Waals surface area contributed by atoms with Gasteiger partial charge in [0, 0.05) is 24.7 Å². The highest BCUT2D eigenvalue weighted by molar-refractivity contribution is 7.07. The van der Waals surface area contributed by atoms with Crippen LogP contribution in [0.15, 0.2) is 29.0 Å². The fourth-order valence-corrected chi connectivity index (χ4v) is 3.00. The van der Waals surface area contributed by atoms with Crippen molar-refractivity contribution in [2.45, 2.75) is 32.0 Å². The first kappa shape index (κ1) is 13.5. The lowest BCUT2D eigenvalue weighted by atomic mass is 10.1. The van der Waals surface area contributed by atoms with E-state index in [9.17, 15) is 8.78 Å². The third kappa shape index (κ3) is 2.55. The summed E-state index contributed by atoms with van der Waals surface area (Å²) in [6.45, 7) is 0.628. The molecule has 3 rings (SSSR count). The minimum Gasteiger partial charge on any atom is -0.362 e. The third-order valence-corrected chi connectivity index (χ3v) is 4.32. The zero-order valence-electron chi connectivity index (χ0n) is 11.0. The minimum atomic E-state index is -0.819. The molecule has 1 aromatic heterocycles. The van der Waals surface area contributed by atoms with Gasteiger partial charge >= 0.3 is 0 Å². The molecule has 2 nitrogen and oxygen atoms in total. The number of anilines is 1. The second kappa shape index (κ2) is 5.50. The lowest BCUT2D eigenvalue weighted by molar-refractivity contribution is 0.496. The summed E-state index contributed by atoms with van der Waals surface area (Å²) in [4.78, 5) is 1.96. The summed E-state index contributed by atoms with van der Waals surface area (Å²) >= 11 is 1.61. The highest BCUT2D eigenvalue weighted by Crippen LogP contribution is 2.35. The summed E-state index contributed by atoms with van der Waals surface area (Å²) in [5.41, 5.74) is 7.10. The number of halogens is 2. The second-order valence-electron chi connectivity index (χ2n) is 5.07. The Morgan fingerprint density at radius 1 is 1.20 bits per heavy atom. The quantitative estimate of drug-likeness (QED) is 0.912. The molecule has 0 radical (unpaired) electrons. The van der Waals surface area contributed by atoms with Crippen molar-refractivity contribution in [3.8, 4) is 0 Å². The molecule has 2 N–H and O–H groups in total. The Morgan fingerprint density at radius 2 is 2.00 bits per heavy atom. The number of nitrogens with zero attached hydrogens (tertiary/aromatic N) is 1. The standard InChI is InChI=1S/C15H16F2N2S/c16-14-11(7-18)1-4-13(15(14)17)19(12-2-3-12)8-10-5-6-20-9-10/h1,4-6,9,12H,2-3,7-8,18H2. The number of hydrogen-bond acceptors (Lipinski definition) is 3. The van der Waals surface area contributed by atoms with Gasteiger partial charge in [0.1, 0.15) is 0 Å². The maximum absolute atomic E-state index is 14.2. The molecule has 0 saturated heterocycles. The normalized spacial score (nSPS) is 14.6. The topological polar surface area (TPSA) is 29.3 Å². The Hall–Kier alpha value is -1.46. The van der Waals surface area contributed by atoms with E-state index in [1.54, 1.807) is 23.5 Å². The van der Waals surface area contributed by atoms with Crippen molar-refractivity contribution >= 4 is 17.0 Å². The molecule has 1 aromatic carbocycles. The molecule has 1 fully saturated rings. The van der Waals surface area contributed by atoms with Crippen LogP contribution >= 0.6 is 11.3 Å². The molecule has 1 aliphatic carbocycles. The largest absolute Gasteiger partial charge is 0.362 e. The van der Waals surface area contributed by atoms with Crippen LogP contribution in [0.3, 0.4) is 0 Å². The van der Waals surface area contributed by atoms with Gasteiger partial charge in [-0.25, -0.2) is 8.78 Å². The van der Waals surface area contributed by atoms with Gasteiger partial charge in [-0.15, -0.1) is 0 Å². The molecule has 5 heteroatoms. The first-order valence-corrected chi connectivity index (χ1v) is 7.59. The molecule has 0 aliphatic heterocycles. The van der Waals surface area contributed by atoms with Crippen LogP contribution in [0.2, 0.25) is 0 Å². The summed E-state index contributed by atoms with van der Waals surface area (Å²) in [6.07, 6.45) is 2.06. The van der Waals surface area contributed by atoms with E-state index in [0.717, 1.165) is 18.4 Å². The van der Waals surface area contributed by atoms with E-state index in [1.165, 1.54) is 0 Å². The van der Waals surface area contributed by atoms with Crippen molar-refractivity contribution in [3.63, 3.8) is 0 Å². The van der Waals surface area contributed by atoms with E-state index in [-0.39, 0.29) is 12.1 Å². The SMILES string of the molecule is NCc1ccc(N(Cc2ccsc2)C2CC2)c(F)c1F. The van der Waals surface area contributed by atoms with E-state index in [4.69, 9.17) is 5.73 Å². The number of hydrogen-bond donors (Lipinski definition) is 1. The monoisotopic (exact) mass is 294 g/mol. The van der Waals surface area contributed by atoms with Crippen LogP contribution in [-0.2, 0) is 13.1 Å². The molecule has 2 aromatic rings. The second-order valence-corrected chi connectivity index (χ2v) is 5.85. The van der Waals surface area contributed by atoms with E-state index < -0.39 is 11.6 Å². The molecular weight excluding hydrogens is 278 g/mol. The van der Waals surface area contributed by atoms with Crippen LogP contribution in [0.5, 0.6) is 0 Å². The summed E-state index contributed by atoms with van der Waals surface area (Å²) in [5, 5.41) is 4.03. The van der Waals surface area contributed by atoms with E-state index in [2.05, 4.69) is 0 Å². The van der Waals surface area contributed by atoms with Crippen molar-refractivity contribution in [1.82, 2.24) is 0 Å². The average Bonchev–Trinajstić information content (AvgIpc) is 3.17. The molecule has 1 aliphatic rings. The third-order valence-electron chi connectivity index (χ3n) is 3.59. The van der Waals surface area contributed by atoms with E-state index in [0.29, 0.717) is 18.3 Å². The maximum Gasteiger partial charge on any atom is 0.182 e. The van der Waals surface area contributed by atoms with Crippen LogP contribution in [0.25, 0.3) is 0 Å². The first-order valence-electron chi connectivity index (χ1n) is 6.65. The van der Waals surface area contributed by atoms with Crippen molar-refractivity contribution in [2.24, 2.45) is 5.73 Å². The fraction of sp³-hybridized carbons (Fsp3) is 0.333. The Balaban J connectivity index is 1.93. The zero-order valence-corrected chi connectivity index (χ0v) is 11.8. The molecule has 0 atom stereocenters. The maximum atomic E-state index is 14.2. The van der Waals surface area contributed by atoms with E-state index >= 15 is 0 Å². The average molecular weight is 294 g/mol. The summed E-state index contributed by atoms with van der Waals surface area (Å²) in [5.74, 6) is -1.60. The molecule has 0 bridgehead atoms. The van der Waals surface area contributed by atoms with Crippen LogP contribution < -0.4 is 10.6 Å². The van der Waals surface area contributed by atoms with Gasteiger partial charge in [-0.2, -0.15) is 11.3 Å². The van der Waals surface area contributed by atoms with Crippen LogP contribution in [-0.4, -0.2) is 6.04 Å². The molecule has 0 unspecified atom stereocenters. The molecule has 1 heterocycles. The lowest BCUT2D eigenvalue weighted by Crippen LogP contribution is -2.26. The van der Waals surface area contributed by atoms with E-state index in [1.807, 2.05) is 21.7 Å². The molecule has 0 spiro atoms. The molecule has 1 saturated carbocycles. The zero-order chi connectivity index (χ0) is 14.1. The van der Waals surface area contributed by atoms with Gasteiger partial charge in [0.05, 0.1) is 5.69 Å². The van der Waals surface area contributed by atoms with Gasteiger partial charge in [0.15, 0.2) is 11.6 Å². The van der Waals surface area contributed by atoms with Crippen LogP contribution in [0.4, 0.5) is 14.5 Å². The lowest BCUT2D eigenvalue weighted by Gasteiger charge is -2.25. The van der Waals surface area contributed by atoms with Crippen LogP contribution in [0.1, 0.15) is 24.0 Å². The van der Waals surface area contributed by atoms with Gasteiger partial charge in [-0.3, -0.25) is 0 Å². The molecule has 20 heavy (non-hydrogen) atoms. The molecule has 0 amide bonds. The Morgan fingerprint density at radius 3 is 2.60 bits per heavy atom. The highest BCUT2D eigenvalue weighted by Gasteiger charge is 2.31. The highest BCUT2D eigenvalue weighted by atomic mass is 32.1. The predicted molar refractivity (Wildman–Crippen MR) is 77.8 cm³/mol. The number of nitrogens with two attached hydrogens (primary N) is 1. The Labute approximate surface area is 120 Å². The molecular formula is C15H16F2N2S. The summed E-state index contributed by atoms with van der Waals surface area (Å²) in [6, 6.07) is 5.55. The predicted octanol–water partition coefficient (Wildman–Crippen LogP) is 3.65. The van der Waals surface area contributed by atoms with Gasteiger partial charge in [0.2, 0.25) is 0 Å². The van der Waals surface area contributed by atoms with Gasteiger partial charge in [-0.05, 0) is 41.3 Å². The van der Waals surface area contributed by atoms with Crippen molar-refractivity contribution in [2.75, 3.05) is 4.90 Å². The number of rotatable bonds is 5. The summed E-state index contributed by atoms with van der Waals surface area (Å²) < 4.78 is 28.2. The fourth-order valence-electron chi connectivity index (χ4n) is 2.34. The number of benzene rings is 1. The van der Waals surface area contributed by atoms with Crippen molar-refractivity contribution in [1.29, 1.82) is 0 Å². The smallest absolute Gasteiger partial charge is 0.182 e. The van der Waals surface area contributed by atoms with Crippen LogP contribution in [0, 0.1) is 11.6 Å². The van der Waals surface area contributed by atoms with Crippen molar-refractivity contribution in [3.05, 3.63) is 51.7 Å². The molecule has 106 valence electrons. The Bertz CT molecular complexity index is 594. The minimum absolute atomic E-state index is 0.0109. The summed E-state index contributed by atoms with van der Waals surface area (Å²) in [7, 11) is 0. The van der Waals surface area contributed by atoms with Gasteiger partial charge in [-0.1, -0.05) is 6.07 Å². The van der Waals surface area contributed by atoms with Gasteiger partial charge < -0.3 is 10.6 Å².